The molecule has 0 saturated heterocycles. The maximum Gasteiger partial charge on any atom is 0.522 e. The molecule has 4 nitrogen and oxygen atoms in total. The summed E-state index contributed by atoms with van der Waals surface area (Å²) < 4.78 is 2.37. The SMILES string of the molecule is C=C1[n+]2cc(-c3cccc4ccccc34)ccc2N2B(N(c3ccc(-c4cccc5cc(CCCC)ccc45)cn3)c3ccccc32)C1(CC)CC. The molecule has 0 spiro atoms. The predicted molar refractivity (Wildman–Crippen MR) is 220 cm³/mol. The fourth-order valence-electron chi connectivity index (χ4n) is 9.01. The Kier molecular flexibility index (Phi) is 7.95. The average Bonchev–Trinajstić information content (AvgIpc) is 3.55. The maximum absolute atomic E-state index is 5.25. The first kappa shape index (κ1) is 32.2. The molecule has 0 N–H and O–H groups in total. The van der Waals surface area contributed by atoms with Crippen LogP contribution in [0.2, 0.25) is 5.31 Å². The van der Waals surface area contributed by atoms with Gasteiger partial charge in [0, 0.05) is 23.4 Å². The summed E-state index contributed by atoms with van der Waals surface area (Å²) in [5.41, 5.74) is 9.67. The van der Waals surface area contributed by atoms with E-state index in [0.29, 0.717) is 0 Å². The molecule has 9 rings (SSSR count). The van der Waals surface area contributed by atoms with Crippen LogP contribution in [0.1, 0.15) is 52.0 Å². The minimum atomic E-state index is -0.250. The highest BCUT2D eigenvalue weighted by Crippen LogP contribution is 2.59. The van der Waals surface area contributed by atoms with Crippen molar-refractivity contribution in [1.82, 2.24) is 4.98 Å². The molecule has 254 valence electrons. The van der Waals surface area contributed by atoms with Crippen LogP contribution in [0.4, 0.5) is 23.0 Å². The zero-order valence-electron chi connectivity index (χ0n) is 30.4. The maximum atomic E-state index is 5.25. The lowest BCUT2D eigenvalue weighted by Gasteiger charge is -2.42. The van der Waals surface area contributed by atoms with Gasteiger partial charge in [-0.2, -0.15) is 0 Å². The Bertz CT molecular complexity index is 2480. The molecular weight excluding hydrogens is 631 g/mol. The summed E-state index contributed by atoms with van der Waals surface area (Å²) in [4.78, 5) is 10.3. The number of aromatic nitrogens is 2. The van der Waals surface area contributed by atoms with Crippen LogP contribution in [-0.4, -0.2) is 12.0 Å². The number of anilines is 4. The topological polar surface area (TPSA) is 23.2 Å². The van der Waals surface area contributed by atoms with Gasteiger partial charge in [-0.3, -0.25) is 4.81 Å². The molecule has 0 radical (unpaired) electrons. The Labute approximate surface area is 307 Å². The van der Waals surface area contributed by atoms with Crippen molar-refractivity contribution in [2.45, 2.75) is 58.2 Å². The van der Waals surface area contributed by atoms with Crippen LogP contribution in [0.5, 0.6) is 0 Å². The molecule has 0 bridgehead atoms. The number of rotatable bonds is 8. The molecule has 0 amide bonds. The van der Waals surface area contributed by atoms with Crippen molar-refractivity contribution in [2.75, 3.05) is 9.62 Å². The number of hydrogen-bond acceptors (Lipinski definition) is 3. The van der Waals surface area contributed by atoms with Gasteiger partial charge in [-0.1, -0.05) is 125 Å². The van der Waals surface area contributed by atoms with Crippen molar-refractivity contribution in [3.05, 3.63) is 152 Å². The first-order valence-electron chi connectivity index (χ1n) is 19.0. The van der Waals surface area contributed by atoms with E-state index in [1.165, 1.54) is 68.0 Å². The normalized spacial score (nSPS) is 14.5. The summed E-state index contributed by atoms with van der Waals surface area (Å²) in [5.74, 6) is 2.07. The Balaban J connectivity index is 1.15. The van der Waals surface area contributed by atoms with Crippen molar-refractivity contribution in [2.24, 2.45) is 0 Å². The molecule has 5 heteroatoms. The van der Waals surface area contributed by atoms with Gasteiger partial charge < -0.3 is 4.81 Å². The quantitative estimate of drug-likeness (QED) is 0.118. The second-order valence-corrected chi connectivity index (χ2v) is 14.5. The van der Waals surface area contributed by atoms with Crippen molar-refractivity contribution in [1.29, 1.82) is 0 Å². The molecule has 2 aromatic heterocycles. The van der Waals surface area contributed by atoms with E-state index in [1.54, 1.807) is 0 Å². The molecule has 4 heterocycles. The van der Waals surface area contributed by atoms with Crippen LogP contribution in [0, 0.1) is 0 Å². The standard InChI is InChI=1S/C47H44BN4/c1-5-8-15-34-24-27-42-36(30-34)18-14-20-40(42)37-25-28-45(49-31-37)51-43-22-11-12-23-44(43)52-46-29-26-38(41-21-13-17-35-16-9-10-19-39(35)41)32-50(46)33(4)47(6-2,7-3)48(51)52/h9-14,16-32H,4-8,15H2,1-3H3/q+1. The minimum Gasteiger partial charge on any atom is -0.324 e. The molecule has 2 aliphatic rings. The monoisotopic (exact) mass is 675 g/mol. The fraction of sp³-hybridized carbons (Fsp3) is 0.191. The number of benzene rings is 5. The molecule has 5 aromatic carbocycles. The molecule has 7 aromatic rings. The van der Waals surface area contributed by atoms with E-state index >= 15 is 0 Å². The van der Waals surface area contributed by atoms with Crippen LogP contribution in [0.15, 0.2) is 146 Å². The number of fused-ring (bicyclic) bond motifs is 7. The number of unbranched alkanes of at least 4 members (excludes halogenated alkanes) is 1. The predicted octanol–water partition coefficient (Wildman–Crippen LogP) is 12.2. The van der Waals surface area contributed by atoms with E-state index in [4.69, 9.17) is 11.6 Å². The van der Waals surface area contributed by atoms with Gasteiger partial charge in [-0.25, -0.2) is 9.55 Å². The van der Waals surface area contributed by atoms with E-state index in [-0.39, 0.29) is 12.3 Å². The molecule has 0 unspecified atom stereocenters. The average molecular weight is 676 g/mol. The summed E-state index contributed by atoms with van der Waals surface area (Å²) in [5, 5.41) is 4.81. The van der Waals surface area contributed by atoms with Gasteiger partial charge in [0.2, 0.25) is 0 Å². The Hall–Kier alpha value is -5.68. The van der Waals surface area contributed by atoms with E-state index in [0.717, 1.165) is 42.2 Å². The van der Waals surface area contributed by atoms with Crippen LogP contribution >= 0.6 is 0 Å². The van der Waals surface area contributed by atoms with Crippen molar-refractivity contribution < 1.29 is 4.57 Å². The number of para-hydroxylation sites is 2. The second-order valence-electron chi connectivity index (χ2n) is 14.5. The summed E-state index contributed by atoms with van der Waals surface area (Å²) >= 11 is 0. The molecule has 2 aliphatic heterocycles. The summed E-state index contributed by atoms with van der Waals surface area (Å²) in [7, 11) is 0. The van der Waals surface area contributed by atoms with Gasteiger partial charge in [-0.05, 0) is 94.3 Å². The van der Waals surface area contributed by atoms with Crippen molar-refractivity contribution in [3.63, 3.8) is 0 Å². The van der Waals surface area contributed by atoms with Gasteiger partial charge in [-0.15, -0.1) is 0 Å². The summed E-state index contributed by atoms with van der Waals surface area (Å²) in [6, 6.07) is 46.7. The van der Waals surface area contributed by atoms with Crippen molar-refractivity contribution >= 4 is 57.2 Å². The first-order valence-corrected chi connectivity index (χ1v) is 19.0. The van der Waals surface area contributed by atoms with E-state index in [2.05, 4.69) is 175 Å². The number of nitrogens with zero attached hydrogens (tertiary/aromatic N) is 4. The number of pyridine rings is 2. The van der Waals surface area contributed by atoms with Crippen molar-refractivity contribution in [3.8, 4) is 22.3 Å². The van der Waals surface area contributed by atoms with Crippen LogP contribution < -0.4 is 14.2 Å². The number of hydrogen-bond donors (Lipinski definition) is 0. The third-order valence-electron chi connectivity index (χ3n) is 11.9. The lowest BCUT2D eigenvalue weighted by atomic mass is 9.43. The molecule has 0 aliphatic carbocycles. The smallest absolute Gasteiger partial charge is 0.324 e. The number of allylic oxidation sites excluding steroid dienone is 1. The molecular formula is C47H44BN4+. The lowest BCUT2D eigenvalue weighted by molar-refractivity contribution is -0.572. The van der Waals surface area contributed by atoms with Gasteiger partial charge >= 0.3 is 6.98 Å². The fourth-order valence-corrected chi connectivity index (χ4v) is 9.01. The third-order valence-corrected chi connectivity index (χ3v) is 11.9. The molecule has 0 saturated carbocycles. The van der Waals surface area contributed by atoms with Gasteiger partial charge in [0.15, 0.2) is 0 Å². The van der Waals surface area contributed by atoms with E-state index < -0.39 is 0 Å². The second kappa shape index (κ2) is 12.8. The Morgan fingerprint density at radius 3 is 2.10 bits per heavy atom. The highest BCUT2D eigenvalue weighted by molar-refractivity contribution is 6.77. The zero-order valence-corrected chi connectivity index (χ0v) is 30.4. The van der Waals surface area contributed by atoms with Gasteiger partial charge in [0.25, 0.3) is 5.82 Å². The highest BCUT2D eigenvalue weighted by atomic mass is 15.4. The zero-order chi connectivity index (χ0) is 35.4. The van der Waals surface area contributed by atoms with Gasteiger partial charge in [0.05, 0.1) is 11.0 Å². The van der Waals surface area contributed by atoms with Crippen LogP contribution in [-0.2, 0) is 6.42 Å². The van der Waals surface area contributed by atoms with Crippen LogP contribution in [0.25, 0.3) is 49.5 Å². The van der Waals surface area contributed by atoms with Gasteiger partial charge in [0.1, 0.15) is 23.4 Å². The first-order chi connectivity index (χ1) is 25.6. The van der Waals surface area contributed by atoms with E-state index in [1.807, 2.05) is 0 Å². The lowest BCUT2D eigenvalue weighted by Crippen LogP contribution is -2.63. The highest BCUT2D eigenvalue weighted by Gasteiger charge is 2.66. The molecule has 0 atom stereocenters. The van der Waals surface area contributed by atoms with E-state index in [9.17, 15) is 0 Å². The Morgan fingerprint density at radius 2 is 1.35 bits per heavy atom. The minimum absolute atomic E-state index is 0.0201. The Morgan fingerprint density at radius 1 is 0.673 bits per heavy atom. The summed E-state index contributed by atoms with van der Waals surface area (Å²) in [6.07, 6.45) is 9.80. The largest absolute Gasteiger partial charge is 0.522 e. The third kappa shape index (κ3) is 4.90. The molecule has 52 heavy (non-hydrogen) atoms. The number of aryl methyl sites for hydroxylation is 1. The molecule has 0 fully saturated rings. The summed E-state index contributed by atoms with van der Waals surface area (Å²) in [6.45, 7) is 11.8. The van der Waals surface area contributed by atoms with Crippen LogP contribution in [0.3, 0.4) is 0 Å².